The van der Waals surface area contributed by atoms with Gasteiger partial charge in [0.1, 0.15) is 0 Å². The molecule has 1 fully saturated rings. The summed E-state index contributed by atoms with van der Waals surface area (Å²) in [5.74, 6) is -0.229. The molecule has 1 atom stereocenters. The smallest absolute Gasteiger partial charge is 0.331 e. The molecule has 0 N–H and O–H groups in total. The van der Waals surface area contributed by atoms with E-state index in [4.69, 9.17) is 9.47 Å². The van der Waals surface area contributed by atoms with Gasteiger partial charge in [0.15, 0.2) is 6.04 Å². The van der Waals surface area contributed by atoms with Crippen molar-refractivity contribution in [2.75, 3.05) is 32.6 Å². The van der Waals surface area contributed by atoms with E-state index in [1.807, 2.05) is 24.3 Å². The summed E-state index contributed by atoms with van der Waals surface area (Å²) in [7, 11) is 1.32. The van der Waals surface area contributed by atoms with Crippen molar-refractivity contribution in [2.45, 2.75) is 10.9 Å². The molecule has 1 aromatic rings. The van der Waals surface area contributed by atoms with Crippen LogP contribution in [0, 0.1) is 0 Å². The number of halogens is 1. The summed E-state index contributed by atoms with van der Waals surface area (Å²) in [5, 5.41) is 0. The zero-order chi connectivity index (χ0) is 15.2. The molecule has 0 spiro atoms. The van der Waals surface area contributed by atoms with E-state index in [1.165, 1.54) is 18.9 Å². The molecule has 1 amide bonds. The van der Waals surface area contributed by atoms with Crippen LogP contribution in [-0.2, 0) is 19.1 Å². The zero-order valence-electron chi connectivity index (χ0n) is 11.6. The van der Waals surface area contributed by atoms with Crippen LogP contribution < -0.4 is 0 Å². The van der Waals surface area contributed by atoms with Crippen molar-refractivity contribution in [3.63, 3.8) is 0 Å². The number of benzene rings is 1. The van der Waals surface area contributed by atoms with Gasteiger partial charge in [-0.2, -0.15) is 0 Å². The molecule has 1 aliphatic heterocycles. The number of methoxy groups -OCH3 is 1. The normalized spacial score (nSPS) is 18.4. The lowest BCUT2D eigenvalue weighted by Gasteiger charge is -2.33. The predicted molar refractivity (Wildman–Crippen MR) is 83.2 cm³/mol. The lowest BCUT2D eigenvalue weighted by molar-refractivity contribution is -0.159. The molecule has 1 heterocycles. The Labute approximate surface area is 136 Å². The second-order valence-corrected chi connectivity index (χ2v) is 6.41. The Kier molecular flexibility index (Phi) is 6.08. The third kappa shape index (κ3) is 4.46. The summed E-state index contributed by atoms with van der Waals surface area (Å²) in [5.41, 5.74) is 0. The Morgan fingerprint density at radius 3 is 2.81 bits per heavy atom. The molecule has 5 nitrogen and oxygen atoms in total. The highest BCUT2D eigenvalue weighted by Gasteiger charge is 2.33. The van der Waals surface area contributed by atoms with Crippen LogP contribution in [-0.4, -0.2) is 55.4 Å². The van der Waals surface area contributed by atoms with Gasteiger partial charge in [0.05, 0.1) is 26.1 Å². The maximum absolute atomic E-state index is 12.3. The first-order chi connectivity index (χ1) is 10.1. The van der Waals surface area contributed by atoms with Gasteiger partial charge < -0.3 is 14.4 Å². The molecular weight excluding hydrogens is 358 g/mol. The summed E-state index contributed by atoms with van der Waals surface area (Å²) in [6.07, 6.45) is 0. The van der Waals surface area contributed by atoms with Crippen LogP contribution in [0.3, 0.4) is 0 Å². The summed E-state index contributed by atoms with van der Waals surface area (Å²) in [6.45, 7) is 1.06. The number of hydrogen-bond acceptors (Lipinski definition) is 5. The molecule has 2 rings (SSSR count). The molecule has 0 saturated carbocycles. The SMILES string of the molecule is COC(=O)C1COCCN1C(=O)CSc1ccc(Br)cc1. The van der Waals surface area contributed by atoms with E-state index >= 15 is 0 Å². The van der Waals surface area contributed by atoms with Crippen molar-refractivity contribution in [1.29, 1.82) is 0 Å². The minimum absolute atomic E-state index is 0.0818. The van der Waals surface area contributed by atoms with Gasteiger partial charge in [-0.25, -0.2) is 4.79 Å². The molecule has 7 heteroatoms. The van der Waals surface area contributed by atoms with Gasteiger partial charge in [0.25, 0.3) is 0 Å². The van der Waals surface area contributed by atoms with Crippen molar-refractivity contribution < 1.29 is 19.1 Å². The molecule has 1 unspecified atom stereocenters. The highest BCUT2D eigenvalue weighted by Crippen LogP contribution is 2.21. The van der Waals surface area contributed by atoms with Crippen LogP contribution in [0.15, 0.2) is 33.6 Å². The van der Waals surface area contributed by atoms with Gasteiger partial charge in [-0.05, 0) is 24.3 Å². The molecule has 1 aliphatic rings. The van der Waals surface area contributed by atoms with Crippen LogP contribution in [0.25, 0.3) is 0 Å². The van der Waals surface area contributed by atoms with E-state index < -0.39 is 12.0 Å². The van der Waals surface area contributed by atoms with Gasteiger partial charge >= 0.3 is 5.97 Å². The van der Waals surface area contributed by atoms with Crippen molar-refractivity contribution in [1.82, 2.24) is 4.90 Å². The number of carbonyl (C=O) groups is 2. The van der Waals surface area contributed by atoms with Gasteiger partial charge in [0, 0.05) is 15.9 Å². The van der Waals surface area contributed by atoms with E-state index in [0.717, 1.165) is 9.37 Å². The molecule has 0 bridgehead atoms. The first-order valence-electron chi connectivity index (χ1n) is 6.45. The number of carbonyl (C=O) groups excluding carboxylic acids is 2. The summed E-state index contributed by atoms with van der Waals surface area (Å²) in [6, 6.07) is 7.11. The van der Waals surface area contributed by atoms with Crippen molar-refractivity contribution >= 4 is 39.6 Å². The number of rotatable bonds is 4. The number of morpholine rings is 1. The fourth-order valence-corrected chi connectivity index (χ4v) is 3.04. The molecular formula is C14H16BrNO4S. The van der Waals surface area contributed by atoms with E-state index in [2.05, 4.69) is 15.9 Å². The van der Waals surface area contributed by atoms with Crippen LogP contribution in [0.5, 0.6) is 0 Å². The molecule has 114 valence electrons. The van der Waals surface area contributed by atoms with Crippen LogP contribution in [0.4, 0.5) is 0 Å². The third-order valence-corrected chi connectivity index (χ3v) is 4.62. The Balaban J connectivity index is 1.94. The van der Waals surface area contributed by atoms with Crippen LogP contribution >= 0.6 is 27.7 Å². The molecule has 1 aromatic carbocycles. The standard InChI is InChI=1S/C14H16BrNO4S/c1-19-14(18)12-8-20-7-6-16(12)13(17)9-21-11-4-2-10(15)3-5-11/h2-5,12H,6-9H2,1H3. The highest BCUT2D eigenvalue weighted by molar-refractivity contribution is 9.10. The van der Waals surface area contributed by atoms with E-state index in [0.29, 0.717) is 13.2 Å². The third-order valence-electron chi connectivity index (χ3n) is 3.10. The Bertz CT molecular complexity index is 508. The Morgan fingerprint density at radius 2 is 2.14 bits per heavy atom. The molecule has 21 heavy (non-hydrogen) atoms. The minimum atomic E-state index is -0.637. The average molecular weight is 374 g/mol. The second kappa shape index (κ2) is 7.82. The largest absolute Gasteiger partial charge is 0.467 e. The summed E-state index contributed by atoms with van der Waals surface area (Å²) in [4.78, 5) is 26.5. The van der Waals surface area contributed by atoms with Crippen molar-refractivity contribution in [3.8, 4) is 0 Å². The highest BCUT2D eigenvalue weighted by atomic mass is 79.9. The summed E-state index contributed by atoms with van der Waals surface area (Å²) < 4.78 is 11.0. The molecule has 0 aromatic heterocycles. The number of thioether (sulfide) groups is 1. The van der Waals surface area contributed by atoms with Gasteiger partial charge in [-0.3, -0.25) is 4.79 Å². The van der Waals surface area contributed by atoms with E-state index in [-0.39, 0.29) is 18.3 Å². The van der Waals surface area contributed by atoms with E-state index in [9.17, 15) is 9.59 Å². The summed E-state index contributed by atoms with van der Waals surface area (Å²) >= 11 is 4.82. The lowest BCUT2D eigenvalue weighted by Crippen LogP contribution is -2.53. The zero-order valence-corrected chi connectivity index (χ0v) is 14.0. The Morgan fingerprint density at radius 1 is 1.43 bits per heavy atom. The van der Waals surface area contributed by atoms with Crippen LogP contribution in [0.1, 0.15) is 0 Å². The van der Waals surface area contributed by atoms with Gasteiger partial charge in [-0.1, -0.05) is 15.9 Å². The van der Waals surface area contributed by atoms with Gasteiger partial charge in [0.2, 0.25) is 5.91 Å². The van der Waals surface area contributed by atoms with E-state index in [1.54, 1.807) is 4.90 Å². The first-order valence-corrected chi connectivity index (χ1v) is 8.23. The number of esters is 1. The Hall–Kier alpha value is -1.05. The minimum Gasteiger partial charge on any atom is -0.467 e. The molecule has 0 radical (unpaired) electrons. The second-order valence-electron chi connectivity index (χ2n) is 4.44. The average Bonchev–Trinajstić information content (AvgIpc) is 2.53. The monoisotopic (exact) mass is 373 g/mol. The maximum Gasteiger partial charge on any atom is 0.331 e. The number of ether oxygens (including phenoxy) is 2. The predicted octanol–water partition coefficient (Wildman–Crippen LogP) is 1.94. The quantitative estimate of drug-likeness (QED) is 0.596. The van der Waals surface area contributed by atoms with Crippen molar-refractivity contribution in [3.05, 3.63) is 28.7 Å². The molecule has 1 saturated heterocycles. The van der Waals surface area contributed by atoms with Gasteiger partial charge in [-0.15, -0.1) is 11.8 Å². The number of amides is 1. The number of nitrogens with zero attached hydrogens (tertiary/aromatic N) is 1. The molecule has 0 aliphatic carbocycles. The maximum atomic E-state index is 12.3. The fraction of sp³-hybridized carbons (Fsp3) is 0.429. The number of hydrogen-bond donors (Lipinski definition) is 0. The first kappa shape index (κ1) is 16.3. The fourth-order valence-electron chi connectivity index (χ4n) is 1.99. The van der Waals surface area contributed by atoms with Crippen molar-refractivity contribution in [2.24, 2.45) is 0 Å². The topological polar surface area (TPSA) is 55.8 Å². The van der Waals surface area contributed by atoms with Crippen LogP contribution in [0.2, 0.25) is 0 Å². The lowest BCUT2D eigenvalue weighted by atomic mass is 10.2.